The lowest BCUT2D eigenvalue weighted by Crippen LogP contribution is -2.33. The molecule has 0 aromatic carbocycles. The highest BCUT2D eigenvalue weighted by Crippen LogP contribution is 2.14. The molecular formula is C15H21N5O3. The molecule has 1 N–H and O–H groups in total. The van der Waals surface area contributed by atoms with E-state index in [0.717, 1.165) is 17.8 Å². The number of amides is 1. The van der Waals surface area contributed by atoms with Crippen molar-refractivity contribution in [2.45, 2.75) is 39.9 Å². The van der Waals surface area contributed by atoms with Crippen LogP contribution < -0.4 is 0 Å². The molecule has 0 saturated heterocycles. The average Bonchev–Trinajstić information content (AvgIpc) is 3.14. The third-order valence-corrected chi connectivity index (χ3v) is 3.87. The fraction of sp³-hybridized carbons (Fsp3) is 0.467. The van der Waals surface area contributed by atoms with E-state index in [0.29, 0.717) is 6.54 Å². The maximum Gasteiger partial charge on any atom is 0.356 e. The van der Waals surface area contributed by atoms with Gasteiger partial charge in [-0.2, -0.15) is 10.2 Å². The van der Waals surface area contributed by atoms with Crippen LogP contribution in [0.15, 0.2) is 18.5 Å². The van der Waals surface area contributed by atoms with Crippen molar-refractivity contribution >= 4 is 11.9 Å². The monoisotopic (exact) mass is 319 g/mol. The zero-order valence-corrected chi connectivity index (χ0v) is 13.7. The standard InChI is InChI=1S/C15H21N5O3/c1-5-19-10(2)12(8-16-19)9-18(4)14(21)11(3)20-7-6-13(17-20)15(22)23/h6-8,11H,5,9H2,1-4H3,(H,22,23). The molecule has 23 heavy (non-hydrogen) atoms. The van der Waals surface area contributed by atoms with Gasteiger partial charge in [0.25, 0.3) is 0 Å². The van der Waals surface area contributed by atoms with E-state index in [1.807, 2.05) is 18.5 Å². The minimum absolute atomic E-state index is 0.0765. The summed E-state index contributed by atoms with van der Waals surface area (Å²) in [4.78, 5) is 25.0. The first-order valence-electron chi connectivity index (χ1n) is 7.39. The lowest BCUT2D eigenvalue weighted by molar-refractivity contribution is -0.133. The summed E-state index contributed by atoms with van der Waals surface area (Å²) in [6.07, 6.45) is 3.27. The normalized spacial score (nSPS) is 12.2. The third kappa shape index (κ3) is 3.41. The molecule has 0 radical (unpaired) electrons. The van der Waals surface area contributed by atoms with E-state index in [1.54, 1.807) is 25.1 Å². The lowest BCUT2D eigenvalue weighted by Gasteiger charge is -2.21. The minimum atomic E-state index is -1.11. The molecule has 0 aliphatic heterocycles. The number of hydrogen-bond acceptors (Lipinski definition) is 4. The fourth-order valence-electron chi connectivity index (χ4n) is 2.39. The quantitative estimate of drug-likeness (QED) is 0.867. The molecule has 0 aliphatic carbocycles. The molecule has 2 rings (SSSR count). The molecule has 8 heteroatoms. The highest BCUT2D eigenvalue weighted by Gasteiger charge is 2.22. The zero-order valence-electron chi connectivity index (χ0n) is 13.7. The van der Waals surface area contributed by atoms with Crippen LogP contribution in [-0.4, -0.2) is 48.5 Å². The van der Waals surface area contributed by atoms with Crippen LogP contribution in [0.3, 0.4) is 0 Å². The Kier molecular flexibility index (Phi) is 4.83. The number of hydrogen-bond donors (Lipinski definition) is 1. The Bertz CT molecular complexity index is 719. The molecule has 2 aromatic heterocycles. The summed E-state index contributed by atoms with van der Waals surface area (Å²) in [6, 6.07) is 0.802. The van der Waals surface area contributed by atoms with Crippen LogP contribution in [0.25, 0.3) is 0 Å². The van der Waals surface area contributed by atoms with Gasteiger partial charge in [-0.05, 0) is 26.8 Å². The van der Waals surface area contributed by atoms with Gasteiger partial charge in [0.15, 0.2) is 5.69 Å². The molecule has 2 aromatic rings. The Labute approximate surface area is 134 Å². The van der Waals surface area contributed by atoms with Crippen molar-refractivity contribution < 1.29 is 14.7 Å². The molecule has 8 nitrogen and oxygen atoms in total. The Morgan fingerprint density at radius 2 is 2.13 bits per heavy atom. The van der Waals surface area contributed by atoms with Crippen LogP contribution >= 0.6 is 0 Å². The number of aromatic carboxylic acids is 1. The van der Waals surface area contributed by atoms with E-state index >= 15 is 0 Å². The first-order valence-corrected chi connectivity index (χ1v) is 7.39. The second kappa shape index (κ2) is 6.64. The van der Waals surface area contributed by atoms with Crippen molar-refractivity contribution in [3.05, 3.63) is 35.4 Å². The smallest absolute Gasteiger partial charge is 0.356 e. The van der Waals surface area contributed by atoms with Crippen molar-refractivity contribution in [1.82, 2.24) is 24.5 Å². The van der Waals surface area contributed by atoms with E-state index in [2.05, 4.69) is 10.2 Å². The van der Waals surface area contributed by atoms with E-state index in [9.17, 15) is 9.59 Å². The van der Waals surface area contributed by atoms with Crippen molar-refractivity contribution in [1.29, 1.82) is 0 Å². The van der Waals surface area contributed by atoms with Gasteiger partial charge in [0, 0.05) is 37.6 Å². The number of carbonyl (C=O) groups excluding carboxylic acids is 1. The van der Waals surface area contributed by atoms with Gasteiger partial charge in [-0.15, -0.1) is 0 Å². The van der Waals surface area contributed by atoms with Gasteiger partial charge in [-0.3, -0.25) is 14.2 Å². The Morgan fingerprint density at radius 3 is 2.65 bits per heavy atom. The topological polar surface area (TPSA) is 93.2 Å². The minimum Gasteiger partial charge on any atom is -0.476 e. The van der Waals surface area contributed by atoms with Gasteiger partial charge < -0.3 is 10.0 Å². The van der Waals surface area contributed by atoms with Crippen molar-refractivity contribution in [2.75, 3.05) is 7.05 Å². The largest absolute Gasteiger partial charge is 0.476 e. The summed E-state index contributed by atoms with van der Waals surface area (Å²) in [7, 11) is 1.71. The first kappa shape index (κ1) is 16.7. The Morgan fingerprint density at radius 1 is 1.43 bits per heavy atom. The number of aryl methyl sites for hydroxylation is 1. The van der Waals surface area contributed by atoms with E-state index in [1.165, 1.54) is 16.9 Å². The second-order valence-electron chi connectivity index (χ2n) is 5.43. The van der Waals surface area contributed by atoms with Crippen LogP contribution in [0.5, 0.6) is 0 Å². The SMILES string of the molecule is CCn1ncc(CN(C)C(=O)C(C)n2ccc(C(=O)O)n2)c1C. The second-order valence-corrected chi connectivity index (χ2v) is 5.43. The summed E-state index contributed by atoms with van der Waals surface area (Å²) in [5.41, 5.74) is 1.95. The zero-order chi connectivity index (χ0) is 17.1. The predicted octanol–water partition coefficient (Wildman–Crippen LogP) is 1.33. The molecule has 1 unspecified atom stereocenters. The van der Waals surface area contributed by atoms with Gasteiger partial charge in [0.2, 0.25) is 5.91 Å². The Balaban J connectivity index is 2.08. The number of rotatable bonds is 6. The molecule has 0 fully saturated rings. The number of nitrogens with zero attached hydrogens (tertiary/aromatic N) is 5. The number of carbonyl (C=O) groups is 2. The molecule has 1 amide bonds. The number of carboxylic acids is 1. The maximum absolute atomic E-state index is 12.5. The highest BCUT2D eigenvalue weighted by molar-refractivity contribution is 5.85. The Hall–Kier alpha value is -2.64. The number of aromatic nitrogens is 4. The third-order valence-electron chi connectivity index (χ3n) is 3.87. The van der Waals surface area contributed by atoms with Gasteiger partial charge in [0.05, 0.1) is 6.20 Å². The van der Waals surface area contributed by atoms with Gasteiger partial charge in [0.1, 0.15) is 6.04 Å². The number of likely N-dealkylation sites (N-methyl/N-ethyl adjacent to an activating group) is 1. The summed E-state index contributed by atoms with van der Waals surface area (Å²) in [5.74, 6) is -1.26. The predicted molar refractivity (Wildman–Crippen MR) is 83.0 cm³/mol. The van der Waals surface area contributed by atoms with Gasteiger partial charge >= 0.3 is 5.97 Å². The molecule has 124 valence electrons. The van der Waals surface area contributed by atoms with Gasteiger partial charge in [-0.1, -0.05) is 0 Å². The molecule has 2 heterocycles. The van der Waals surface area contributed by atoms with Crippen molar-refractivity contribution in [3.63, 3.8) is 0 Å². The van der Waals surface area contributed by atoms with Crippen LogP contribution in [-0.2, 0) is 17.9 Å². The summed E-state index contributed by atoms with van der Waals surface area (Å²) >= 11 is 0. The van der Waals surface area contributed by atoms with Crippen LogP contribution in [0, 0.1) is 6.92 Å². The summed E-state index contributed by atoms with van der Waals surface area (Å²) in [5, 5.41) is 17.1. The lowest BCUT2D eigenvalue weighted by atomic mass is 10.2. The van der Waals surface area contributed by atoms with Crippen LogP contribution in [0.2, 0.25) is 0 Å². The van der Waals surface area contributed by atoms with Crippen LogP contribution in [0.1, 0.15) is 41.6 Å². The van der Waals surface area contributed by atoms with E-state index in [4.69, 9.17) is 5.11 Å². The molecule has 0 saturated carbocycles. The summed E-state index contributed by atoms with van der Waals surface area (Å²) in [6.45, 7) is 6.91. The van der Waals surface area contributed by atoms with E-state index in [-0.39, 0.29) is 11.6 Å². The van der Waals surface area contributed by atoms with Crippen molar-refractivity contribution in [2.24, 2.45) is 0 Å². The van der Waals surface area contributed by atoms with Crippen molar-refractivity contribution in [3.8, 4) is 0 Å². The summed E-state index contributed by atoms with van der Waals surface area (Å²) < 4.78 is 3.24. The average molecular weight is 319 g/mol. The highest BCUT2D eigenvalue weighted by atomic mass is 16.4. The van der Waals surface area contributed by atoms with E-state index < -0.39 is 12.0 Å². The maximum atomic E-state index is 12.5. The molecular weight excluding hydrogens is 298 g/mol. The number of carboxylic acid groups (broad SMARTS) is 1. The first-order chi connectivity index (χ1) is 10.8. The molecule has 0 bridgehead atoms. The molecule has 0 aliphatic rings. The van der Waals surface area contributed by atoms with Gasteiger partial charge in [-0.25, -0.2) is 4.79 Å². The van der Waals surface area contributed by atoms with Crippen LogP contribution in [0.4, 0.5) is 0 Å². The fourth-order valence-corrected chi connectivity index (χ4v) is 2.39. The molecule has 1 atom stereocenters. The molecule has 0 spiro atoms.